The Morgan fingerprint density at radius 3 is 2.68 bits per heavy atom. The van der Waals surface area contributed by atoms with E-state index in [1.165, 1.54) is 12.8 Å². The normalized spacial score (nSPS) is 17.1. The highest BCUT2D eigenvalue weighted by Gasteiger charge is 2.31. The summed E-state index contributed by atoms with van der Waals surface area (Å²) in [7, 11) is 0. The molecular formula is C13H21N3O3. The van der Waals surface area contributed by atoms with Crippen LogP contribution >= 0.6 is 0 Å². The molecule has 0 radical (unpaired) electrons. The molecule has 1 heterocycles. The summed E-state index contributed by atoms with van der Waals surface area (Å²) in [6.45, 7) is 7.44. The highest BCUT2D eigenvalue weighted by atomic mass is 16.6. The number of carbonyl (C=O) groups excluding carboxylic acids is 1. The van der Waals surface area contributed by atoms with Gasteiger partial charge in [-0.05, 0) is 33.1 Å². The molecule has 6 heteroatoms. The van der Waals surface area contributed by atoms with Crippen molar-refractivity contribution in [2.45, 2.75) is 58.6 Å². The molecule has 1 N–H and O–H groups in total. The maximum Gasteiger partial charge on any atom is 0.408 e. The van der Waals surface area contributed by atoms with Gasteiger partial charge in [0.2, 0.25) is 11.7 Å². The van der Waals surface area contributed by atoms with Gasteiger partial charge in [-0.15, -0.1) is 0 Å². The number of nitrogens with zero attached hydrogens (tertiary/aromatic N) is 2. The first-order chi connectivity index (χ1) is 8.83. The molecule has 19 heavy (non-hydrogen) atoms. The Morgan fingerprint density at radius 1 is 1.53 bits per heavy atom. The Balaban J connectivity index is 1.99. The SMILES string of the molecule is Cc1nc(C(CC2CC2)OC(=O)NC(C)(C)C)no1. The first-order valence-electron chi connectivity index (χ1n) is 6.62. The summed E-state index contributed by atoms with van der Waals surface area (Å²) < 4.78 is 10.4. The van der Waals surface area contributed by atoms with Crippen LogP contribution in [0.25, 0.3) is 0 Å². The van der Waals surface area contributed by atoms with E-state index >= 15 is 0 Å². The average Bonchev–Trinajstić information content (AvgIpc) is 2.95. The van der Waals surface area contributed by atoms with Gasteiger partial charge >= 0.3 is 6.09 Å². The van der Waals surface area contributed by atoms with Crippen LogP contribution in [-0.2, 0) is 4.74 Å². The number of ether oxygens (including phenoxy) is 1. The van der Waals surface area contributed by atoms with Gasteiger partial charge in [-0.3, -0.25) is 0 Å². The molecule has 0 spiro atoms. The number of aryl methyl sites for hydroxylation is 1. The third-order valence-corrected chi connectivity index (χ3v) is 2.80. The highest BCUT2D eigenvalue weighted by Crippen LogP contribution is 2.38. The van der Waals surface area contributed by atoms with Crippen LogP contribution in [0.4, 0.5) is 4.79 Å². The Morgan fingerprint density at radius 2 is 2.21 bits per heavy atom. The Labute approximate surface area is 112 Å². The molecular weight excluding hydrogens is 246 g/mol. The zero-order valence-corrected chi connectivity index (χ0v) is 11.9. The molecule has 0 bridgehead atoms. The summed E-state index contributed by atoms with van der Waals surface area (Å²) in [6.07, 6.45) is 2.25. The Hall–Kier alpha value is -1.59. The lowest BCUT2D eigenvalue weighted by Crippen LogP contribution is -2.41. The summed E-state index contributed by atoms with van der Waals surface area (Å²) in [5.74, 6) is 1.54. The van der Waals surface area contributed by atoms with Crippen LogP contribution in [0.2, 0.25) is 0 Å². The number of amides is 1. The molecule has 2 rings (SSSR count). The summed E-state index contributed by atoms with van der Waals surface area (Å²) in [4.78, 5) is 16.0. The van der Waals surface area contributed by atoms with Crippen LogP contribution in [0.3, 0.4) is 0 Å². The Bertz CT molecular complexity index is 446. The molecule has 1 amide bonds. The van der Waals surface area contributed by atoms with E-state index in [0.29, 0.717) is 17.6 Å². The Kier molecular flexibility index (Phi) is 3.78. The van der Waals surface area contributed by atoms with Crippen LogP contribution in [0.15, 0.2) is 4.52 Å². The van der Waals surface area contributed by atoms with Crippen molar-refractivity contribution in [2.75, 3.05) is 0 Å². The zero-order chi connectivity index (χ0) is 14.0. The molecule has 1 aliphatic carbocycles. The van der Waals surface area contributed by atoms with E-state index in [0.717, 1.165) is 6.42 Å². The standard InChI is InChI=1S/C13H21N3O3/c1-8-14-11(16-19-8)10(7-9-5-6-9)18-12(17)15-13(2,3)4/h9-10H,5-7H2,1-4H3,(H,15,17). The number of nitrogens with one attached hydrogen (secondary N) is 1. The van der Waals surface area contributed by atoms with Crippen molar-refractivity contribution in [2.24, 2.45) is 5.92 Å². The number of hydrogen-bond donors (Lipinski definition) is 1. The van der Waals surface area contributed by atoms with E-state index in [1.54, 1.807) is 6.92 Å². The lowest BCUT2D eigenvalue weighted by atomic mass is 10.1. The molecule has 0 saturated heterocycles. The molecule has 1 unspecified atom stereocenters. The number of carbonyl (C=O) groups is 1. The van der Waals surface area contributed by atoms with Crippen LogP contribution in [-0.4, -0.2) is 21.8 Å². The van der Waals surface area contributed by atoms with Crippen molar-refractivity contribution >= 4 is 6.09 Å². The molecule has 0 aliphatic heterocycles. The van der Waals surface area contributed by atoms with Crippen molar-refractivity contribution < 1.29 is 14.1 Å². The second kappa shape index (κ2) is 5.19. The largest absolute Gasteiger partial charge is 0.438 e. The predicted molar refractivity (Wildman–Crippen MR) is 68.5 cm³/mol. The van der Waals surface area contributed by atoms with Gasteiger partial charge in [-0.1, -0.05) is 18.0 Å². The minimum absolute atomic E-state index is 0.325. The smallest absolute Gasteiger partial charge is 0.408 e. The summed E-state index contributed by atoms with van der Waals surface area (Å²) >= 11 is 0. The van der Waals surface area contributed by atoms with E-state index in [2.05, 4.69) is 15.5 Å². The van der Waals surface area contributed by atoms with Crippen molar-refractivity contribution in [1.82, 2.24) is 15.5 Å². The van der Waals surface area contributed by atoms with E-state index in [-0.39, 0.29) is 5.54 Å². The van der Waals surface area contributed by atoms with Gasteiger partial charge in [0.15, 0.2) is 6.10 Å². The van der Waals surface area contributed by atoms with Crippen molar-refractivity contribution in [3.05, 3.63) is 11.7 Å². The third-order valence-electron chi connectivity index (χ3n) is 2.80. The lowest BCUT2D eigenvalue weighted by molar-refractivity contribution is 0.0771. The van der Waals surface area contributed by atoms with Gasteiger partial charge in [0.25, 0.3) is 0 Å². The molecule has 1 aliphatic rings. The molecule has 1 aromatic rings. The van der Waals surface area contributed by atoms with Crippen molar-refractivity contribution in [1.29, 1.82) is 0 Å². The first-order valence-corrected chi connectivity index (χ1v) is 6.62. The van der Waals surface area contributed by atoms with Crippen LogP contribution in [0.5, 0.6) is 0 Å². The van der Waals surface area contributed by atoms with Gasteiger partial charge in [-0.25, -0.2) is 4.79 Å². The maximum atomic E-state index is 11.8. The minimum atomic E-state index is -0.444. The van der Waals surface area contributed by atoms with Gasteiger partial charge in [0, 0.05) is 12.5 Å². The molecule has 0 aromatic carbocycles. The van der Waals surface area contributed by atoms with Crippen LogP contribution < -0.4 is 5.32 Å². The van der Waals surface area contributed by atoms with Gasteiger partial charge < -0.3 is 14.6 Å². The molecule has 1 atom stereocenters. The van der Waals surface area contributed by atoms with E-state index in [9.17, 15) is 4.79 Å². The average molecular weight is 267 g/mol. The molecule has 1 fully saturated rings. The number of aromatic nitrogens is 2. The monoisotopic (exact) mass is 267 g/mol. The van der Waals surface area contributed by atoms with Crippen molar-refractivity contribution in [3.63, 3.8) is 0 Å². The van der Waals surface area contributed by atoms with E-state index in [4.69, 9.17) is 9.26 Å². The molecule has 1 saturated carbocycles. The molecule has 6 nitrogen and oxygen atoms in total. The fraction of sp³-hybridized carbons (Fsp3) is 0.769. The van der Waals surface area contributed by atoms with Gasteiger partial charge in [-0.2, -0.15) is 4.98 Å². The van der Waals surface area contributed by atoms with Gasteiger partial charge in [0.05, 0.1) is 0 Å². The van der Waals surface area contributed by atoms with Crippen molar-refractivity contribution in [3.8, 4) is 0 Å². The fourth-order valence-corrected chi connectivity index (χ4v) is 1.77. The predicted octanol–water partition coefficient (Wildman–Crippen LogP) is 2.74. The maximum absolute atomic E-state index is 11.8. The number of hydrogen-bond acceptors (Lipinski definition) is 5. The number of rotatable bonds is 4. The quantitative estimate of drug-likeness (QED) is 0.907. The minimum Gasteiger partial charge on any atom is -0.438 e. The lowest BCUT2D eigenvalue weighted by Gasteiger charge is -2.22. The van der Waals surface area contributed by atoms with Crippen LogP contribution in [0.1, 0.15) is 57.9 Å². The highest BCUT2D eigenvalue weighted by molar-refractivity contribution is 5.68. The van der Waals surface area contributed by atoms with Crippen LogP contribution in [0, 0.1) is 12.8 Å². The van der Waals surface area contributed by atoms with Gasteiger partial charge in [0.1, 0.15) is 0 Å². The van der Waals surface area contributed by atoms with E-state index in [1.807, 2.05) is 20.8 Å². The fourth-order valence-electron chi connectivity index (χ4n) is 1.77. The summed E-state index contributed by atoms with van der Waals surface area (Å²) in [6, 6.07) is 0. The zero-order valence-electron chi connectivity index (χ0n) is 11.9. The van der Waals surface area contributed by atoms with E-state index < -0.39 is 12.2 Å². The molecule has 106 valence electrons. The first kappa shape index (κ1) is 13.8. The molecule has 1 aromatic heterocycles. The number of alkyl carbamates (subject to hydrolysis) is 1. The second-order valence-corrected chi connectivity index (χ2v) is 6.12. The second-order valence-electron chi connectivity index (χ2n) is 6.12. The topological polar surface area (TPSA) is 77.2 Å². The summed E-state index contributed by atoms with van der Waals surface area (Å²) in [5, 5.41) is 6.63. The summed E-state index contributed by atoms with van der Waals surface area (Å²) in [5.41, 5.74) is -0.325. The third kappa shape index (κ3) is 4.54.